The average molecular weight is 383 g/mol. The molecule has 2 aromatic rings. The second-order valence-electron chi connectivity index (χ2n) is 8.77. The number of aryl methyl sites for hydroxylation is 2. The number of nitrogens with one attached hydrogen (secondary N) is 1. The first-order valence-corrected chi connectivity index (χ1v) is 10.7. The molecule has 2 N–H and O–H groups in total. The van der Waals surface area contributed by atoms with E-state index in [2.05, 4.69) is 15.2 Å². The SMILES string of the molecule is O=C(CCc1n[nH]c2c1CCCC2)N1C[C@H]2C[C@@H](n3ccnc3)[C@H](O)C[C@H]2C1. The van der Waals surface area contributed by atoms with Crippen molar-refractivity contribution >= 4 is 5.91 Å². The molecule has 2 aromatic heterocycles. The third-order valence-corrected chi connectivity index (χ3v) is 7.09. The summed E-state index contributed by atoms with van der Waals surface area (Å²) in [6.45, 7) is 1.61. The van der Waals surface area contributed by atoms with E-state index in [0.29, 0.717) is 18.3 Å². The maximum Gasteiger partial charge on any atom is 0.222 e. The third-order valence-electron chi connectivity index (χ3n) is 7.09. The number of amides is 1. The van der Waals surface area contributed by atoms with Crippen molar-refractivity contribution in [2.45, 2.75) is 63.5 Å². The smallest absolute Gasteiger partial charge is 0.222 e. The lowest BCUT2D eigenvalue weighted by molar-refractivity contribution is -0.130. The van der Waals surface area contributed by atoms with Crippen LogP contribution in [0.15, 0.2) is 18.7 Å². The standard InChI is InChI=1S/C21H29N5O2/c27-20-10-15-12-26(11-14(15)9-19(20)25-8-7-22-13-25)21(28)6-5-18-16-3-1-2-4-17(16)23-24-18/h7-8,13-15,19-20,27H,1-6,9-12H2,(H,23,24)/t14-,15+,19-,20-/m1/s1. The van der Waals surface area contributed by atoms with Gasteiger partial charge in [-0.15, -0.1) is 0 Å². The molecule has 7 nitrogen and oxygen atoms in total. The van der Waals surface area contributed by atoms with E-state index < -0.39 is 0 Å². The number of nitrogens with zero attached hydrogens (tertiary/aromatic N) is 4. The van der Waals surface area contributed by atoms with Gasteiger partial charge in [-0.05, 0) is 55.9 Å². The summed E-state index contributed by atoms with van der Waals surface area (Å²) in [6.07, 6.45) is 12.7. The minimum absolute atomic E-state index is 0.0781. The molecule has 1 saturated carbocycles. The lowest BCUT2D eigenvalue weighted by Gasteiger charge is -2.35. The molecule has 0 radical (unpaired) electrons. The van der Waals surface area contributed by atoms with Gasteiger partial charge in [-0.2, -0.15) is 5.10 Å². The Morgan fingerprint density at radius 1 is 1.21 bits per heavy atom. The van der Waals surface area contributed by atoms with E-state index in [1.54, 1.807) is 12.5 Å². The van der Waals surface area contributed by atoms with Crippen LogP contribution in [-0.2, 0) is 24.1 Å². The lowest BCUT2D eigenvalue weighted by atomic mass is 9.77. The number of aliphatic hydroxyl groups is 1. The Bertz CT molecular complexity index is 830. The predicted octanol–water partition coefficient (Wildman–Crippen LogP) is 1.89. The number of carbonyl (C=O) groups is 1. The Morgan fingerprint density at radius 3 is 2.86 bits per heavy atom. The quantitative estimate of drug-likeness (QED) is 0.844. The zero-order valence-electron chi connectivity index (χ0n) is 16.3. The first-order valence-electron chi connectivity index (χ1n) is 10.7. The minimum atomic E-state index is -0.360. The molecule has 5 rings (SSSR count). The minimum Gasteiger partial charge on any atom is -0.391 e. The Hall–Kier alpha value is -2.15. The van der Waals surface area contributed by atoms with Crippen molar-refractivity contribution in [3.8, 4) is 0 Å². The molecule has 1 amide bonds. The zero-order valence-corrected chi connectivity index (χ0v) is 16.3. The molecule has 7 heteroatoms. The highest BCUT2D eigenvalue weighted by molar-refractivity contribution is 5.76. The van der Waals surface area contributed by atoms with Gasteiger partial charge in [0, 0.05) is 44.0 Å². The van der Waals surface area contributed by atoms with Gasteiger partial charge < -0.3 is 14.6 Å². The topological polar surface area (TPSA) is 87.0 Å². The summed E-state index contributed by atoms with van der Waals surface area (Å²) in [5, 5.41) is 18.2. The molecule has 0 bridgehead atoms. The monoisotopic (exact) mass is 383 g/mol. The summed E-state index contributed by atoms with van der Waals surface area (Å²) in [5.41, 5.74) is 3.73. The van der Waals surface area contributed by atoms with Crippen LogP contribution in [0.3, 0.4) is 0 Å². The Kier molecular flexibility index (Phi) is 4.70. The van der Waals surface area contributed by atoms with E-state index in [0.717, 1.165) is 50.9 Å². The van der Waals surface area contributed by atoms with Crippen molar-refractivity contribution in [2.24, 2.45) is 11.8 Å². The molecule has 2 fully saturated rings. The van der Waals surface area contributed by atoms with Gasteiger partial charge in [-0.3, -0.25) is 9.89 Å². The summed E-state index contributed by atoms with van der Waals surface area (Å²) < 4.78 is 2.02. The predicted molar refractivity (Wildman–Crippen MR) is 104 cm³/mol. The molecule has 3 heterocycles. The summed E-state index contributed by atoms with van der Waals surface area (Å²) in [6, 6.07) is 0.0781. The maximum absolute atomic E-state index is 12.9. The summed E-state index contributed by atoms with van der Waals surface area (Å²) in [7, 11) is 0. The summed E-state index contributed by atoms with van der Waals surface area (Å²) in [4.78, 5) is 19.0. The molecule has 2 aliphatic carbocycles. The highest BCUT2D eigenvalue weighted by Gasteiger charge is 2.43. The van der Waals surface area contributed by atoms with Crippen LogP contribution in [0.25, 0.3) is 0 Å². The molecule has 1 aliphatic heterocycles. The number of rotatable bonds is 4. The van der Waals surface area contributed by atoms with Gasteiger partial charge in [0.1, 0.15) is 0 Å². The first-order chi connectivity index (χ1) is 13.7. The number of aromatic amines is 1. The molecule has 150 valence electrons. The maximum atomic E-state index is 12.9. The fourth-order valence-corrected chi connectivity index (χ4v) is 5.54. The third kappa shape index (κ3) is 3.26. The van der Waals surface area contributed by atoms with Crippen LogP contribution < -0.4 is 0 Å². The van der Waals surface area contributed by atoms with Crippen LogP contribution in [-0.4, -0.2) is 54.9 Å². The fourth-order valence-electron chi connectivity index (χ4n) is 5.54. The largest absolute Gasteiger partial charge is 0.391 e. The number of aromatic nitrogens is 4. The van der Waals surface area contributed by atoms with Crippen molar-refractivity contribution in [1.82, 2.24) is 24.6 Å². The van der Waals surface area contributed by atoms with Crippen molar-refractivity contribution in [3.05, 3.63) is 35.7 Å². The second-order valence-corrected chi connectivity index (χ2v) is 8.77. The molecule has 28 heavy (non-hydrogen) atoms. The number of carbonyl (C=O) groups excluding carboxylic acids is 1. The molecule has 0 spiro atoms. The summed E-state index contributed by atoms with van der Waals surface area (Å²) in [5.74, 6) is 1.12. The van der Waals surface area contributed by atoms with Gasteiger partial charge in [0.05, 0.1) is 24.2 Å². The Labute approximate surface area is 165 Å². The Morgan fingerprint density at radius 2 is 2.04 bits per heavy atom. The van der Waals surface area contributed by atoms with E-state index in [4.69, 9.17) is 0 Å². The summed E-state index contributed by atoms with van der Waals surface area (Å²) >= 11 is 0. The van der Waals surface area contributed by atoms with Crippen LogP contribution in [0.2, 0.25) is 0 Å². The number of likely N-dealkylation sites (tertiary alicyclic amines) is 1. The van der Waals surface area contributed by atoms with E-state index in [9.17, 15) is 9.90 Å². The van der Waals surface area contributed by atoms with Gasteiger partial charge in [-0.1, -0.05) is 0 Å². The number of fused-ring (bicyclic) bond motifs is 2. The molecule has 3 aliphatic rings. The number of imidazole rings is 1. The van der Waals surface area contributed by atoms with E-state index >= 15 is 0 Å². The highest BCUT2D eigenvalue weighted by atomic mass is 16.3. The van der Waals surface area contributed by atoms with Crippen molar-refractivity contribution < 1.29 is 9.90 Å². The van der Waals surface area contributed by atoms with Crippen LogP contribution in [0, 0.1) is 11.8 Å². The highest BCUT2D eigenvalue weighted by Crippen LogP contribution is 2.41. The van der Waals surface area contributed by atoms with Crippen molar-refractivity contribution in [3.63, 3.8) is 0 Å². The van der Waals surface area contributed by atoms with Gasteiger partial charge in [0.2, 0.25) is 5.91 Å². The molecule has 0 unspecified atom stereocenters. The second kappa shape index (κ2) is 7.35. The van der Waals surface area contributed by atoms with Crippen molar-refractivity contribution in [1.29, 1.82) is 0 Å². The van der Waals surface area contributed by atoms with Gasteiger partial charge in [-0.25, -0.2) is 4.98 Å². The van der Waals surface area contributed by atoms with Gasteiger partial charge >= 0.3 is 0 Å². The normalized spacial score (nSPS) is 29.5. The molecular weight excluding hydrogens is 354 g/mol. The number of H-pyrrole nitrogens is 1. The molecule has 1 saturated heterocycles. The Balaban J connectivity index is 1.19. The fraction of sp³-hybridized carbons (Fsp3) is 0.667. The van der Waals surface area contributed by atoms with E-state index in [1.807, 2.05) is 15.7 Å². The number of hydrogen-bond donors (Lipinski definition) is 2. The lowest BCUT2D eigenvalue weighted by Crippen LogP contribution is -2.35. The van der Waals surface area contributed by atoms with E-state index in [1.165, 1.54) is 24.1 Å². The zero-order chi connectivity index (χ0) is 19.1. The molecular formula is C21H29N5O2. The van der Waals surface area contributed by atoms with Crippen LogP contribution in [0.5, 0.6) is 0 Å². The van der Waals surface area contributed by atoms with Crippen LogP contribution in [0.1, 0.15) is 55.1 Å². The average Bonchev–Trinajstić information content (AvgIpc) is 3.44. The molecule has 4 atom stereocenters. The van der Waals surface area contributed by atoms with E-state index in [-0.39, 0.29) is 18.1 Å². The molecule has 0 aromatic carbocycles. The van der Waals surface area contributed by atoms with Crippen LogP contribution >= 0.6 is 0 Å². The number of aliphatic hydroxyl groups excluding tert-OH is 1. The van der Waals surface area contributed by atoms with Gasteiger partial charge in [0.15, 0.2) is 0 Å². The van der Waals surface area contributed by atoms with Gasteiger partial charge in [0.25, 0.3) is 0 Å². The van der Waals surface area contributed by atoms with Crippen molar-refractivity contribution in [2.75, 3.05) is 13.1 Å². The first kappa shape index (κ1) is 17.9. The van der Waals surface area contributed by atoms with Crippen LogP contribution in [0.4, 0.5) is 0 Å². The number of hydrogen-bond acceptors (Lipinski definition) is 4.